The van der Waals surface area contributed by atoms with Crippen LogP contribution in [-0.4, -0.2) is 49.5 Å². The Morgan fingerprint density at radius 3 is 1.35 bits per heavy atom. The fourth-order valence-corrected chi connectivity index (χ4v) is 2.18. The lowest BCUT2D eigenvalue weighted by molar-refractivity contribution is -0.163. The Bertz CT molecular complexity index is 164. The lowest BCUT2D eigenvalue weighted by Gasteiger charge is -2.24. The van der Waals surface area contributed by atoms with E-state index in [-0.39, 0.29) is 0 Å². The van der Waals surface area contributed by atoms with Gasteiger partial charge in [0.25, 0.3) is 0 Å². The summed E-state index contributed by atoms with van der Waals surface area (Å²) < 4.78 is 0. The summed E-state index contributed by atoms with van der Waals surface area (Å²) in [6.07, 6.45) is 6.60. The summed E-state index contributed by atoms with van der Waals surface area (Å²) in [4.78, 5) is 10.6. The molecular formula is C13H28N2O2. The van der Waals surface area contributed by atoms with Gasteiger partial charge in [-0.1, -0.05) is 6.42 Å². The number of hydrogen-bond donors (Lipinski definition) is 0. The fourth-order valence-electron chi connectivity index (χ4n) is 2.18. The maximum atomic E-state index is 5.32. The van der Waals surface area contributed by atoms with Gasteiger partial charge in [0, 0.05) is 26.2 Å². The van der Waals surface area contributed by atoms with E-state index in [9.17, 15) is 0 Å². The van der Waals surface area contributed by atoms with Crippen molar-refractivity contribution in [1.29, 1.82) is 0 Å². The second-order valence-corrected chi connectivity index (χ2v) is 4.46. The van der Waals surface area contributed by atoms with Crippen LogP contribution in [-0.2, 0) is 9.68 Å². The van der Waals surface area contributed by atoms with Gasteiger partial charge in [-0.3, -0.25) is 9.68 Å². The maximum Gasteiger partial charge on any atom is 0.0656 e. The van der Waals surface area contributed by atoms with Gasteiger partial charge in [-0.15, -0.1) is 0 Å². The largest absolute Gasteiger partial charge is 0.299 e. The molecule has 102 valence electrons. The highest BCUT2D eigenvalue weighted by Crippen LogP contribution is 2.08. The zero-order chi connectivity index (χ0) is 12.3. The van der Waals surface area contributed by atoms with Crippen LogP contribution in [0.1, 0.15) is 46.0 Å². The standard InChI is InChI=1S/C7H15NO.C6H13NO/c1-2-9-8-6-4-3-5-7-8;1-2-8-7-5-3-4-6-7/h2-7H2,1H3;2-6H2,1H3. The Balaban J connectivity index is 0.000000171. The monoisotopic (exact) mass is 244 g/mol. The van der Waals surface area contributed by atoms with Gasteiger partial charge in [0.1, 0.15) is 0 Å². The minimum atomic E-state index is 0.819. The molecule has 17 heavy (non-hydrogen) atoms. The molecule has 0 radical (unpaired) electrons. The quantitative estimate of drug-likeness (QED) is 0.758. The lowest BCUT2D eigenvalue weighted by Crippen LogP contribution is -2.29. The second-order valence-electron chi connectivity index (χ2n) is 4.46. The first-order chi connectivity index (χ1) is 8.36. The first kappa shape index (κ1) is 14.9. The van der Waals surface area contributed by atoms with Crippen LogP contribution in [0.15, 0.2) is 0 Å². The summed E-state index contributed by atoms with van der Waals surface area (Å²) in [5.74, 6) is 0. The van der Waals surface area contributed by atoms with E-state index in [1.165, 1.54) is 32.1 Å². The summed E-state index contributed by atoms with van der Waals surface area (Å²) in [6.45, 7) is 10.2. The van der Waals surface area contributed by atoms with E-state index in [0.717, 1.165) is 39.4 Å². The van der Waals surface area contributed by atoms with Crippen LogP contribution in [0.25, 0.3) is 0 Å². The van der Waals surface area contributed by atoms with Crippen molar-refractivity contribution >= 4 is 0 Å². The minimum absolute atomic E-state index is 0.819. The van der Waals surface area contributed by atoms with E-state index < -0.39 is 0 Å². The van der Waals surface area contributed by atoms with E-state index in [1.54, 1.807) is 0 Å². The molecule has 0 aromatic rings. The molecule has 0 aromatic carbocycles. The predicted octanol–water partition coefficient (Wildman–Crippen LogP) is 2.46. The zero-order valence-corrected chi connectivity index (χ0v) is 11.5. The molecule has 0 spiro atoms. The molecule has 2 aliphatic rings. The first-order valence-electron chi connectivity index (χ1n) is 7.12. The molecule has 0 bridgehead atoms. The van der Waals surface area contributed by atoms with Gasteiger partial charge in [0.05, 0.1) is 13.2 Å². The molecule has 0 amide bonds. The van der Waals surface area contributed by atoms with Crippen LogP contribution in [0.3, 0.4) is 0 Å². The van der Waals surface area contributed by atoms with Crippen molar-refractivity contribution in [3.8, 4) is 0 Å². The summed E-state index contributed by atoms with van der Waals surface area (Å²) in [6, 6.07) is 0. The molecule has 2 heterocycles. The summed E-state index contributed by atoms with van der Waals surface area (Å²) in [7, 11) is 0. The average molecular weight is 244 g/mol. The number of hydrogen-bond acceptors (Lipinski definition) is 4. The molecule has 2 aliphatic heterocycles. The van der Waals surface area contributed by atoms with Gasteiger partial charge in [0.2, 0.25) is 0 Å². The van der Waals surface area contributed by atoms with E-state index in [2.05, 4.69) is 5.06 Å². The summed E-state index contributed by atoms with van der Waals surface area (Å²) in [5.41, 5.74) is 0. The molecule has 4 heteroatoms. The van der Waals surface area contributed by atoms with E-state index in [1.807, 2.05) is 18.9 Å². The Morgan fingerprint density at radius 2 is 1.00 bits per heavy atom. The van der Waals surface area contributed by atoms with E-state index >= 15 is 0 Å². The molecule has 0 N–H and O–H groups in total. The van der Waals surface area contributed by atoms with Gasteiger partial charge in [-0.2, -0.15) is 10.1 Å². The molecule has 0 unspecified atom stereocenters. The van der Waals surface area contributed by atoms with Gasteiger partial charge < -0.3 is 0 Å². The van der Waals surface area contributed by atoms with Gasteiger partial charge >= 0.3 is 0 Å². The van der Waals surface area contributed by atoms with Crippen LogP contribution in [0.5, 0.6) is 0 Å². The van der Waals surface area contributed by atoms with Crippen molar-refractivity contribution in [3.05, 3.63) is 0 Å². The smallest absolute Gasteiger partial charge is 0.0656 e. The van der Waals surface area contributed by atoms with Gasteiger partial charge in [-0.25, -0.2) is 0 Å². The molecular weight excluding hydrogens is 216 g/mol. The number of rotatable bonds is 4. The highest BCUT2D eigenvalue weighted by atomic mass is 16.7. The van der Waals surface area contributed by atoms with Crippen molar-refractivity contribution in [2.24, 2.45) is 0 Å². The maximum absolute atomic E-state index is 5.32. The normalized spacial score (nSPS) is 22.2. The van der Waals surface area contributed by atoms with Crippen LogP contribution in [0.2, 0.25) is 0 Å². The number of hydroxylamine groups is 4. The van der Waals surface area contributed by atoms with Crippen molar-refractivity contribution in [2.75, 3.05) is 39.4 Å². The lowest BCUT2D eigenvalue weighted by atomic mass is 10.2. The molecule has 0 saturated carbocycles. The Labute approximate surface area is 106 Å². The highest BCUT2D eigenvalue weighted by molar-refractivity contribution is 4.56. The van der Waals surface area contributed by atoms with Crippen LogP contribution < -0.4 is 0 Å². The van der Waals surface area contributed by atoms with Crippen LogP contribution in [0, 0.1) is 0 Å². The Kier molecular flexibility index (Phi) is 8.61. The zero-order valence-electron chi connectivity index (χ0n) is 11.5. The average Bonchev–Trinajstić information content (AvgIpc) is 2.85. The third-order valence-corrected chi connectivity index (χ3v) is 3.00. The molecule has 4 nitrogen and oxygen atoms in total. The number of nitrogens with zero attached hydrogens (tertiary/aromatic N) is 2. The van der Waals surface area contributed by atoms with Crippen molar-refractivity contribution in [2.45, 2.75) is 46.0 Å². The van der Waals surface area contributed by atoms with Crippen LogP contribution in [0.4, 0.5) is 0 Å². The Morgan fingerprint density at radius 1 is 0.647 bits per heavy atom. The number of piperidine rings is 1. The molecule has 2 saturated heterocycles. The van der Waals surface area contributed by atoms with E-state index in [4.69, 9.17) is 9.68 Å². The summed E-state index contributed by atoms with van der Waals surface area (Å²) >= 11 is 0. The molecule has 2 rings (SSSR count). The third-order valence-electron chi connectivity index (χ3n) is 3.00. The molecule has 0 aromatic heterocycles. The van der Waals surface area contributed by atoms with Crippen molar-refractivity contribution in [3.63, 3.8) is 0 Å². The van der Waals surface area contributed by atoms with Crippen LogP contribution >= 0.6 is 0 Å². The van der Waals surface area contributed by atoms with Gasteiger partial charge in [0.15, 0.2) is 0 Å². The SMILES string of the molecule is CCON1CCCC1.CCON1CCCCC1. The molecule has 2 fully saturated rings. The molecule has 0 atom stereocenters. The molecule has 0 aliphatic carbocycles. The fraction of sp³-hybridized carbons (Fsp3) is 1.00. The summed E-state index contributed by atoms with van der Waals surface area (Å²) in [5, 5.41) is 4.11. The predicted molar refractivity (Wildman–Crippen MR) is 69.5 cm³/mol. The first-order valence-corrected chi connectivity index (χ1v) is 7.12. The third kappa shape index (κ3) is 6.99. The minimum Gasteiger partial charge on any atom is -0.299 e. The second kappa shape index (κ2) is 9.83. The van der Waals surface area contributed by atoms with E-state index in [0.29, 0.717) is 0 Å². The van der Waals surface area contributed by atoms with Crippen molar-refractivity contribution in [1.82, 2.24) is 10.1 Å². The Hall–Kier alpha value is -0.160. The van der Waals surface area contributed by atoms with Crippen molar-refractivity contribution < 1.29 is 9.68 Å². The topological polar surface area (TPSA) is 24.9 Å². The van der Waals surface area contributed by atoms with Gasteiger partial charge in [-0.05, 0) is 39.5 Å². The highest BCUT2D eigenvalue weighted by Gasteiger charge is 2.09.